The fraction of sp³-hybridized carbons (Fsp3) is 0.278. The second-order valence-electron chi connectivity index (χ2n) is 5.49. The molecule has 0 aromatic heterocycles. The molecule has 0 bridgehead atoms. The molecular weight excluding hydrogens is 333 g/mol. The van der Waals surface area contributed by atoms with E-state index in [2.05, 4.69) is 5.32 Å². The number of rotatable bonds is 5. The van der Waals surface area contributed by atoms with Crippen LogP contribution in [-0.4, -0.2) is 16.8 Å². The first-order valence-corrected chi connectivity index (χ1v) is 8.26. The van der Waals surface area contributed by atoms with E-state index < -0.39 is 10.3 Å². The van der Waals surface area contributed by atoms with Crippen molar-refractivity contribution in [3.05, 3.63) is 60.2 Å². The largest absolute Gasteiger partial charge is 0.494 e. The van der Waals surface area contributed by atoms with Gasteiger partial charge in [0.25, 0.3) is 0 Å². The lowest BCUT2D eigenvalue weighted by Gasteiger charge is -2.07. The summed E-state index contributed by atoms with van der Waals surface area (Å²) in [6.45, 7) is 2.53. The molecule has 1 fully saturated rings. The Kier molecular flexibility index (Phi) is 4.51. The molecule has 1 aliphatic carbocycles. The van der Waals surface area contributed by atoms with Crippen molar-refractivity contribution in [3.63, 3.8) is 0 Å². The van der Waals surface area contributed by atoms with E-state index >= 15 is 0 Å². The van der Waals surface area contributed by atoms with Crippen molar-refractivity contribution in [1.29, 1.82) is 0 Å². The zero-order valence-corrected chi connectivity index (χ0v) is 14.1. The molecule has 120 valence electrons. The predicted molar refractivity (Wildman–Crippen MR) is 93.4 cm³/mol. The SMILES string of the molecule is CCOc1ccc(NC(=O)[C@H]2[C@@H](c3ccccc3)C2(Cl)Cl)cc1. The number of nitrogens with one attached hydrogen (secondary N) is 1. The average Bonchev–Trinajstić information content (AvgIpc) is 3.13. The molecule has 1 saturated carbocycles. The number of hydrogen-bond donors (Lipinski definition) is 1. The second-order valence-corrected chi connectivity index (χ2v) is 6.93. The summed E-state index contributed by atoms with van der Waals surface area (Å²) in [5.41, 5.74) is 1.67. The second kappa shape index (κ2) is 6.42. The van der Waals surface area contributed by atoms with Gasteiger partial charge in [0, 0.05) is 11.6 Å². The van der Waals surface area contributed by atoms with E-state index in [-0.39, 0.29) is 11.8 Å². The monoisotopic (exact) mass is 349 g/mol. The van der Waals surface area contributed by atoms with Crippen LogP contribution < -0.4 is 10.1 Å². The quantitative estimate of drug-likeness (QED) is 0.800. The minimum atomic E-state index is -1.06. The molecule has 0 heterocycles. The molecule has 2 aromatic carbocycles. The maximum absolute atomic E-state index is 12.5. The third-order valence-corrected chi connectivity index (χ3v) is 4.87. The van der Waals surface area contributed by atoms with E-state index in [1.807, 2.05) is 49.4 Å². The fourth-order valence-corrected chi connectivity index (χ4v) is 3.58. The number of amides is 1. The minimum Gasteiger partial charge on any atom is -0.494 e. The van der Waals surface area contributed by atoms with Crippen molar-refractivity contribution in [1.82, 2.24) is 0 Å². The Morgan fingerprint density at radius 2 is 1.78 bits per heavy atom. The highest BCUT2D eigenvalue weighted by Crippen LogP contribution is 2.65. The molecule has 1 amide bonds. The van der Waals surface area contributed by atoms with Gasteiger partial charge in [-0.25, -0.2) is 0 Å². The minimum absolute atomic E-state index is 0.173. The van der Waals surface area contributed by atoms with Crippen molar-refractivity contribution in [2.75, 3.05) is 11.9 Å². The Bertz CT molecular complexity index is 686. The summed E-state index contributed by atoms with van der Waals surface area (Å²) >= 11 is 12.6. The summed E-state index contributed by atoms with van der Waals surface area (Å²) in [5.74, 6) is -0.0503. The van der Waals surface area contributed by atoms with E-state index in [0.29, 0.717) is 12.3 Å². The number of hydrogen-bond acceptors (Lipinski definition) is 2. The van der Waals surface area contributed by atoms with Gasteiger partial charge in [-0.1, -0.05) is 30.3 Å². The van der Waals surface area contributed by atoms with Gasteiger partial charge in [0.2, 0.25) is 5.91 Å². The maximum Gasteiger partial charge on any atom is 0.231 e. The summed E-state index contributed by atoms with van der Waals surface area (Å²) in [5, 5.41) is 2.87. The van der Waals surface area contributed by atoms with Gasteiger partial charge in [-0.2, -0.15) is 0 Å². The predicted octanol–water partition coefficient (Wildman–Crippen LogP) is 4.61. The summed E-state index contributed by atoms with van der Waals surface area (Å²) in [7, 11) is 0. The Morgan fingerprint density at radius 1 is 1.13 bits per heavy atom. The molecule has 3 nitrogen and oxygen atoms in total. The molecular formula is C18H17Cl2NO2. The molecule has 0 aliphatic heterocycles. The van der Waals surface area contributed by atoms with Gasteiger partial charge >= 0.3 is 0 Å². The van der Waals surface area contributed by atoms with Crippen molar-refractivity contribution >= 4 is 34.8 Å². The van der Waals surface area contributed by atoms with Crippen LogP contribution in [0.25, 0.3) is 0 Å². The van der Waals surface area contributed by atoms with Gasteiger partial charge in [0.1, 0.15) is 10.1 Å². The highest BCUT2D eigenvalue weighted by molar-refractivity contribution is 6.53. The average molecular weight is 350 g/mol. The van der Waals surface area contributed by atoms with E-state index in [0.717, 1.165) is 11.3 Å². The van der Waals surface area contributed by atoms with Crippen LogP contribution in [0.1, 0.15) is 18.4 Å². The first-order chi connectivity index (χ1) is 11.0. The summed E-state index contributed by atoms with van der Waals surface area (Å²) in [6, 6.07) is 16.9. The van der Waals surface area contributed by atoms with E-state index in [1.54, 1.807) is 12.1 Å². The number of halogens is 2. The third kappa shape index (κ3) is 3.31. The van der Waals surface area contributed by atoms with Crippen LogP contribution in [0.2, 0.25) is 0 Å². The van der Waals surface area contributed by atoms with Gasteiger partial charge < -0.3 is 10.1 Å². The zero-order valence-electron chi connectivity index (χ0n) is 12.6. The molecule has 23 heavy (non-hydrogen) atoms. The Labute approximate surface area is 145 Å². The lowest BCUT2D eigenvalue weighted by molar-refractivity contribution is -0.117. The van der Waals surface area contributed by atoms with Crippen LogP contribution in [0.5, 0.6) is 5.75 Å². The van der Waals surface area contributed by atoms with Crippen molar-refractivity contribution in [2.24, 2.45) is 5.92 Å². The van der Waals surface area contributed by atoms with Crippen molar-refractivity contribution in [3.8, 4) is 5.75 Å². The molecule has 0 unspecified atom stereocenters. The van der Waals surface area contributed by atoms with E-state index in [9.17, 15) is 4.79 Å². The van der Waals surface area contributed by atoms with Crippen LogP contribution in [0.3, 0.4) is 0 Å². The highest BCUT2D eigenvalue weighted by Gasteiger charge is 2.67. The number of ether oxygens (including phenoxy) is 1. The molecule has 0 saturated heterocycles. The van der Waals surface area contributed by atoms with Crippen LogP contribution in [0.4, 0.5) is 5.69 Å². The van der Waals surface area contributed by atoms with Gasteiger partial charge in [-0.05, 0) is 36.8 Å². The molecule has 2 aromatic rings. The Hall–Kier alpha value is -1.71. The molecule has 1 aliphatic rings. The molecule has 3 rings (SSSR count). The van der Waals surface area contributed by atoms with Gasteiger partial charge in [0.05, 0.1) is 12.5 Å². The van der Waals surface area contributed by atoms with E-state index in [1.165, 1.54) is 0 Å². The van der Waals surface area contributed by atoms with Crippen LogP contribution in [0.15, 0.2) is 54.6 Å². The summed E-state index contributed by atoms with van der Waals surface area (Å²) < 4.78 is 4.32. The van der Waals surface area contributed by atoms with E-state index in [4.69, 9.17) is 27.9 Å². The first kappa shape index (κ1) is 16.2. The van der Waals surface area contributed by atoms with Gasteiger partial charge in [-0.3, -0.25) is 4.79 Å². The number of carbonyl (C=O) groups excluding carboxylic acids is 1. The number of alkyl halides is 2. The summed E-state index contributed by atoms with van der Waals surface area (Å²) in [4.78, 5) is 12.5. The Balaban J connectivity index is 1.69. The summed E-state index contributed by atoms with van der Waals surface area (Å²) in [6.07, 6.45) is 0. The van der Waals surface area contributed by atoms with Crippen molar-refractivity contribution in [2.45, 2.75) is 17.2 Å². The van der Waals surface area contributed by atoms with Crippen LogP contribution in [-0.2, 0) is 4.79 Å². The normalized spacial score (nSPS) is 21.5. The highest BCUT2D eigenvalue weighted by atomic mass is 35.5. The third-order valence-electron chi connectivity index (χ3n) is 3.93. The standard InChI is InChI=1S/C18H17Cl2NO2/c1-2-23-14-10-8-13(9-11-14)21-17(22)16-15(18(16,19)20)12-6-4-3-5-7-12/h3-11,15-16H,2H2,1H3,(H,21,22)/t15-,16-/m1/s1. The van der Waals surface area contributed by atoms with Crippen molar-refractivity contribution < 1.29 is 9.53 Å². The fourth-order valence-electron chi connectivity index (χ4n) is 2.75. The first-order valence-electron chi connectivity index (χ1n) is 7.50. The molecule has 0 radical (unpaired) electrons. The Morgan fingerprint density at radius 3 is 2.39 bits per heavy atom. The lowest BCUT2D eigenvalue weighted by atomic mass is 10.1. The number of benzene rings is 2. The lowest BCUT2D eigenvalue weighted by Crippen LogP contribution is -2.17. The molecule has 2 atom stereocenters. The molecule has 5 heteroatoms. The smallest absolute Gasteiger partial charge is 0.231 e. The maximum atomic E-state index is 12.5. The number of anilines is 1. The molecule has 0 spiro atoms. The van der Waals surface area contributed by atoms with Crippen LogP contribution >= 0.6 is 23.2 Å². The van der Waals surface area contributed by atoms with Gasteiger partial charge in [0.15, 0.2) is 0 Å². The topological polar surface area (TPSA) is 38.3 Å². The number of carbonyl (C=O) groups is 1. The van der Waals surface area contributed by atoms with Crippen LogP contribution in [0, 0.1) is 5.92 Å². The van der Waals surface area contributed by atoms with Gasteiger partial charge in [-0.15, -0.1) is 23.2 Å². The molecule has 1 N–H and O–H groups in total. The zero-order chi connectivity index (χ0) is 16.4.